The molecule has 1 aromatic heterocycles. The van der Waals surface area contributed by atoms with E-state index in [0.29, 0.717) is 26.9 Å². The van der Waals surface area contributed by atoms with Crippen LogP contribution in [0.2, 0.25) is 0 Å². The topological polar surface area (TPSA) is 165 Å². The number of phenols is 1. The van der Waals surface area contributed by atoms with Crippen LogP contribution in [0.25, 0.3) is 10.8 Å². The summed E-state index contributed by atoms with van der Waals surface area (Å²) >= 11 is 0.745. The van der Waals surface area contributed by atoms with Crippen LogP contribution < -0.4 is 16.0 Å². The third-order valence-corrected chi connectivity index (χ3v) is 4.80. The molecule has 0 atom stereocenters. The smallest absolute Gasteiger partial charge is 0.233 e. The molecular weight excluding hydrogens is 412 g/mol. The Morgan fingerprint density at radius 2 is 1.60 bits per heavy atom. The van der Waals surface area contributed by atoms with E-state index in [-0.39, 0.29) is 49.9 Å². The van der Waals surface area contributed by atoms with Crippen LogP contribution >= 0.6 is 12.0 Å². The predicted octanol–water partition coefficient (Wildman–Crippen LogP) is 2.09. The van der Waals surface area contributed by atoms with Crippen molar-refractivity contribution in [3.8, 4) is 5.75 Å². The molecule has 0 aliphatic carbocycles. The molecule has 1 heterocycles. The lowest BCUT2D eigenvalue weighted by Crippen LogP contribution is -2.14. The van der Waals surface area contributed by atoms with Gasteiger partial charge in [0.2, 0.25) is 17.8 Å². The van der Waals surface area contributed by atoms with Crippen molar-refractivity contribution in [3.05, 3.63) is 29.8 Å². The molecule has 0 fully saturated rings. The summed E-state index contributed by atoms with van der Waals surface area (Å²) in [5, 5.41) is 47.3. The minimum Gasteiger partial charge on any atom is -0.507 e. The predicted molar refractivity (Wildman–Crippen MR) is 114 cm³/mol. The molecule has 12 heteroatoms. The lowest BCUT2D eigenvalue weighted by atomic mass is 10.1. The Bertz CT molecular complexity index is 996. The highest BCUT2D eigenvalue weighted by molar-refractivity contribution is 7.94. The molecule has 0 aliphatic heterocycles. The fraction of sp³-hybridized carbons (Fsp3) is 0.278. The Morgan fingerprint density at radius 3 is 2.20 bits per heavy atom. The maximum Gasteiger partial charge on any atom is 0.233 e. The molecule has 0 amide bonds. The van der Waals surface area contributed by atoms with Gasteiger partial charge in [-0.15, -0.1) is 0 Å². The number of aromatic nitrogens is 3. The highest BCUT2D eigenvalue weighted by Crippen LogP contribution is 2.37. The minimum atomic E-state index is -0.0840. The van der Waals surface area contributed by atoms with E-state index >= 15 is 0 Å². The molecule has 3 rings (SSSR count). The van der Waals surface area contributed by atoms with Crippen molar-refractivity contribution >= 4 is 46.3 Å². The van der Waals surface area contributed by atoms with Gasteiger partial charge in [-0.1, -0.05) is 0 Å². The second kappa shape index (κ2) is 10.2. The number of rotatable bonds is 10. The monoisotopic (exact) mass is 434 g/mol. The lowest BCUT2D eigenvalue weighted by Gasteiger charge is -2.12. The summed E-state index contributed by atoms with van der Waals surface area (Å²) in [6.07, 6.45) is 0. The Labute approximate surface area is 176 Å². The molecule has 0 aliphatic rings. The third kappa shape index (κ3) is 5.17. The van der Waals surface area contributed by atoms with Crippen molar-refractivity contribution in [2.24, 2.45) is 0 Å². The maximum atomic E-state index is 10.4. The first kappa shape index (κ1) is 21.8. The van der Waals surface area contributed by atoms with Gasteiger partial charge in [0.15, 0.2) is 0 Å². The summed E-state index contributed by atoms with van der Waals surface area (Å²) in [6.45, 7) is 2.10. The Balaban J connectivity index is 1.93. The molecule has 2 aromatic carbocycles. The number of aromatic hydroxyl groups is 1. The number of hydrogen-bond donors (Lipinski definition) is 7. The number of aliphatic hydroxyl groups is 2. The van der Waals surface area contributed by atoms with Crippen molar-refractivity contribution in [2.45, 2.75) is 11.8 Å². The molecule has 0 saturated carbocycles. The number of benzene rings is 2. The fourth-order valence-corrected chi connectivity index (χ4v) is 3.20. The van der Waals surface area contributed by atoms with E-state index in [9.17, 15) is 5.11 Å². The highest BCUT2D eigenvalue weighted by Gasteiger charge is 2.12. The summed E-state index contributed by atoms with van der Waals surface area (Å²) in [7, 11) is 0. The fourth-order valence-electron chi connectivity index (χ4n) is 2.72. The standard InChI is InChI=1S/C18H22N6O5S/c1-10-14(30-29-28)9-11-8-12(2-3-13(11)15(10)27)21-18-23-16(19-4-6-25)22-17(24-18)20-5-7-26/h2-3,8-9,25-28H,4-7H2,1H3,(H3,19,20,21,22,23,24). The van der Waals surface area contributed by atoms with Crippen LogP contribution in [0.4, 0.5) is 23.5 Å². The van der Waals surface area contributed by atoms with Gasteiger partial charge < -0.3 is 31.3 Å². The Hall–Kier alpha value is -2.90. The van der Waals surface area contributed by atoms with E-state index in [1.165, 1.54) is 0 Å². The maximum absolute atomic E-state index is 10.4. The van der Waals surface area contributed by atoms with E-state index in [0.717, 1.165) is 12.0 Å². The van der Waals surface area contributed by atoms with Gasteiger partial charge in [-0.05, 0) is 36.6 Å². The van der Waals surface area contributed by atoms with Crippen LogP contribution in [0.1, 0.15) is 5.56 Å². The lowest BCUT2D eigenvalue weighted by molar-refractivity contribution is -0.116. The molecule has 7 N–H and O–H groups in total. The summed E-state index contributed by atoms with van der Waals surface area (Å²) in [5.41, 5.74) is 1.25. The van der Waals surface area contributed by atoms with E-state index < -0.39 is 0 Å². The number of hydrogen-bond acceptors (Lipinski definition) is 12. The molecule has 160 valence electrons. The van der Waals surface area contributed by atoms with Gasteiger partial charge in [-0.25, -0.2) is 5.26 Å². The van der Waals surface area contributed by atoms with Crippen LogP contribution in [0, 0.1) is 6.92 Å². The molecule has 30 heavy (non-hydrogen) atoms. The Kier molecular flexibility index (Phi) is 7.43. The zero-order chi connectivity index (χ0) is 21.5. The number of phenolic OH excluding ortho intramolecular Hbond substituents is 1. The van der Waals surface area contributed by atoms with E-state index in [4.69, 9.17) is 15.5 Å². The van der Waals surface area contributed by atoms with Crippen molar-refractivity contribution in [3.63, 3.8) is 0 Å². The first-order valence-electron chi connectivity index (χ1n) is 9.02. The molecule has 0 radical (unpaired) electrons. The molecule has 3 aromatic rings. The van der Waals surface area contributed by atoms with Gasteiger partial charge >= 0.3 is 0 Å². The minimum absolute atomic E-state index is 0.0840. The normalized spacial score (nSPS) is 10.9. The molecule has 11 nitrogen and oxygen atoms in total. The van der Waals surface area contributed by atoms with Gasteiger partial charge in [0.25, 0.3) is 0 Å². The largest absolute Gasteiger partial charge is 0.507 e. The Morgan fingerprint density at radius 1 is 0.967 bits per heavy atom. The number of nitrogens with one attached hydrogen (secondary N) is 3. The second-order valence-corrected chi connectivity index (χ2v) is 6.93. The zero-order valence-electron chi connectivity index (χ0n) is 16.1. The second-order valence-electron chi connectivity index (χ2n) is 6.17. The van der Waals surface area contributed by atoms with Crippen LogP contribution in [0.5, 0.6) is 5.75 Å². The van der Waals surface area contributed by atoms with Gasteiger partial charge in [-0.2, -0.15) is 19.3 Å². The first-order valence-corrected chi connectivity index (χ1v) is 9.77. The van der Waals surface area contributed by atoms with E-state index in [1.54, 1.807) is 31.2 Å². The number of aliphatic hydroxyl groups excluding tert-OH is 2. The molecule has 0 bridgehead atoms. The van der Waals surface area contributed by atoms with Crippen LogP contribution in [-0.4, -0.2) is 61.8 Å². The average Bonchev–Trinajstić information content (AvgIpc) is 2.74. The van der Waals surface area contributed by atoms with E-state index in [2.05, 4.69) is 35.2 Å². The van der Waals surface area contributed by atoms with Crippen molar-refractivity contribution in [1.29, 1.82) is 0 Å². The average molecular weight is 434 g/mol. The van der Waals surface area contributed by atoms with Gasteiger partial charge in [0.05, 0.1) is 25.3 Å². The van der Waals surface area contributed by atoms with Crippen molar-refractivity contribution in [1.82, 2.24) is 15.0 Å². The SMILES string of the molecule is Cc1c(SOO)cc2cc(Nc3nc(NCCO)nc(NCCO)n3)ccc2c1O. The number of fused-ring (bicyclic) bond motifs is 1. The summed E-state index contributed by atoms with van der Waals surface area (Å²) in [6, 6.07) is 7.10. The van der Waals surface area contributed by atoms with Gasteiger partial charge in [0, 0.05) is 34.6 Å². The van der Waals surface area contributed by atoms with Crippen molar-refractivity contribution < 1.29 is 24.9 Å². The van der Waals surface area contributed by atoms with Crippen molar-refractivity contribution in [2.75, 3.05) is 42.3 Å². The first-order chi connectivity index (χ1) is 14.5. The quantitative estimate of drug-likeness (QED) is 0.141. The number of nitrogens with zero attached hydrogens (tertiary/aromatic N) is 3. The zero-order valence-corrected chi connectivity index (χ0v) is 16.9. The van der Waals surface area contributed by atoms with Gasteiger partial charge in [0.1, 0.15) is 5.75 Å². The van der Waals surface area contributed by atoms with E-state index in [1.807, 2.05) is 0 Å². The van der Waals surface area contributed by atoms with Gasteiger partial charge in [-0.3, -0.25) is 0 Å². The van der Waals surface area contributed by atoms with Crippen LogP contribution in [0.15, 0.2) is 29.2 Å². The summed E-state index contributed by atoms with van der Waals surface area (Å²) in [4.78, 5) is 13.3. The molecule has 0 saturated heterocycles. The number of anilines is 4. The van der Waals surface area contributed by atoms with Crippen LogP contribution in [-0.2, 0) is 4.33 Å². The summed E-state index contributed by atoms with van der Waals surface area (Å²) in [5.74, 6) is 0.865. The molecule has 0 spiro atoms. The third-order valence-electron chi connectivity index (χ3n) is 4.13. The summed E-state index contributed by atoms with van der Waals surface area (Å²) < 4.78 is 4.14. The molecule has 0 unspecified atom stereocenters. The highest BCUT2D eigenvalue weighted by atomic mass is 32.2. The molecular formula is C18H22N6O5S. The van der Waals surface area contributed by atoms with Crippen LogP contribution in [0.3, 0.4) is 0 Å².